The molecule has 2 heteroatoms. The van der Waals surface area contributed by atoms with Crippen molar-refractivity contribution in [2.45, 2.75) is 65.3 Å². The Morgan fingerprint density at radius 2 is 1.88 bits per heavy atom. The van der Waals surface area contributed by atoms with Crippen LogP contribution in [0, 0.1) is 11.8 Å². The Balaban J connectivity index is 2.40. The maximum atomic E-state index is 5.48. The minimum atomic E-state index is 0.723. The van der Waals surface area contributed by atoms with Crippen LogP contribution in [0.15, 0.2) is 0 Å². The van der Waals surface area contributed by atoms with Gasteiger partial charge < -0.3 is 10.1 Å². The van der Waals surface area contributed by atoms with Crippen LogP contribution in [0.5, 0.6) is 0 Å². The van der Waals surface area contributed by atoms with Gasteiger partial charge in [0.05, 0.1) is 0 Å². The highest BCUT2D eigenvalue weighted by molar-refractivity contribution is 4.80. The average Bonchev–Trinajstić information content (AvgIpc) is 2.36. The Kier molecular flexibility index (Phi) is 7.87. The Labute approximate surface area is 108 Å². The number of ether oxygens (including phenoxy) is 1. The molecule has 0 saturated carbocycles. The van der Waals surface area contributed by atoms with Crippen LogP contribution < -0.4 is 5.32 Å². The highest BCUT2D eigenvalue weighted by Gasteiger charge is 2.24. The molecule has 0 aromatic heterocycles. The van der Waals surface area contributed by atoms with Crippen LogP contribution >= 0.6 is 0 Å². The number of hydrogen-bond acceptors (Lipinski definition) is 2. The van der Waals surface area contributed by atoms with Gasteiger partial charge >= 0.3 is 0 Å². The molecule has 2 nitrogen and oxygen atoms in total. The minimum absolute atomic E-state index is 0.723. The zero-order valence-corrected chi connectivity index (χ0v) is 12.0. The lowest BCUT2D eigenvalue weighted by molar-refractivity contribution is 0.0503. The third-order valence-electron chi connectivity index (χ3n) is 3.93. The molecule has 1 aliphatic heterocycles. The molecule has 1 N–H and O–H groups in total. The second-order valence-electron chi connectivity index (χ2n) is 5.64. The lowest BCUT2D eigenvalue weighted by Gasteiger charge is -2.32. The fraction of sp³-hybridized carbons (Fsp3) is 1.00. The summed E-state index contributed by atoms with van der Waals surface area (Å²) in [5, 5.41) is 3.77. The first-order chi connectivity index (χ1) is 8.27. The van der Waals surface area contributed by atoms with Gasteiger partial charge in [-0.15, -0.1) is 0 Å². The molecular weight excluding hydrogens is 210 g/mol. The van der Waals surface area contributed by atoms with Crippen molar-refractivity contribution in [1.29, 1.82) is 0 Å². The summed E-state index contributed by atoms with van der Waals surface area (Å²) in [5.74, 6) is 1.70. The molecule has 0 aromatic rings. The first-order valence-corrected chi connectivity index (χ1v) is 7.59. The van der Waals surface area contributed by atoms with E-state index in [1.165, 1.54) is 45.1 Å². The van der Waals surface area contributed by atoms with Gasteiger partial charge in [0.15, 0.2) is 0 Å². The van der Waals surface area contributed by atoms with Gasteiger partial charge in [-0.3, -0.25) is 0 Å². The maximum absolute atomic E-state index is 5.48. The average molecular weight is 241 g/mol. The van der Waals surface area contributed by atoms with Gasteiger partial charge in [0.1, 0.15) is 0 Å². The fourth-order valence-electron chi connectivity index (χ4n) is 2.93. The highest BCUT2D eigenvalue weighted by Crippen LogP contribution is 2.24. The Morgan fingerprint density at radius 1 is 1.18 bits per heavy atom. The van der Waals surface area contributed by atoms with Crippen LogP contribution in [0.4, 0.5) is 0 Å². The van der Waals surface area contributed by atoms with E-state index >= 15 is 0 Å². The van der Waals surface area contributed by atoms with Gasteiger partial charge in [-0.05, 0) is 44.1 Å². The molecule has 0 bridgehead atoms. The van der Waals surface area contributed by atoms with E-state index in [2.05, 4.69) is 26.1 Å². The summed E-state index contributed by atoms with van der Waals surface area (Å²) >= 11 is 0. The van der Waals surface area contributed by atoms with Crippen molar-refractivity contribution in [3.8, 4) is 0 Å². The predicted molar refractivity (Wildman–Crippen MR) is 74.3 cm³/mol. The van der Waals surface area contributed by atoms with Crippen LogP contribution in [-0.2, 0) is 4.74 Å². The van der Waals surface area contributed by atoms with Crippen molar-refractivity contribution >= 4 is 0 Å². The van der Waals surface area contributed by atoms with E-state index in [0.717, 1.165) is 31.1 Å². The van der Waals surface area contributed by atoms with E-state index in [9.17, 15) is 0 Å². The van der Waals surface area contributed by atoms with Gasteiger partial charge in [-0.25, -0.2) is 0 Å². The van der Waals surface area contributed by atoms with Crippen molar-refractivity contribution in [3.63, 3.8) is 0 Å². The predicted octanol–water partition coefficient (Wildman–Crippen LogP) is 3.61. The third-order valence-corrected chi connectivity index (χ3v) is 3.93. The quantitative estimate of drug-likeness (QED) is 0.701. The second kappa shape index (κ2) is 8.93. The van der Waals surface area contributed by atoms with Crippen LogP contribution in [0.25, 0.3) is 0 Å². The van der Waals surface area contributed by atoms with Gasteiger partial charge in [-0.2, -0.15) is 0 Å². The molecule has 1 heterocycles. The molecule has 102 valence electrons. The Bertz CT molecular complexity index is 178. The standard InChI is InChI=1S/C15H31NO/c1-4-6-13(3)12-15(16-9-5-2)14-7-10-17-11-8-14/h13-16H,4-12H2,1-3H3. The molecule has 0 amide bonds. The van der Waals surface area contributed by atoms with Crippen molar-refractivity contribution in [2.24, 2.45) is 11.8 Å². The van der Waals surface area contributed by atoms with Crippen molar-refractivity contribution in [2.75, 3.05) is 19.8 Å². The van der Waals surface area contributed by atoms with Crippen LogP contribution in [0.3, 0.4) is 0 Å². The zero-order chi connectivity index (χ0) is 12.5. The summed E-state index contributed by atoms with van der Waals surface area (Å²) in [6, 6.07) is 0.723. The molecule has 2 atom stereocenters. The molecular formula is C15H31NO. The van der Waals surface area contributed by atoms with E-state index in [-0.39, 0.29) is 0 Å². The molecule has 1 saturated heterocycles. The number of rotatable bonds is 8. The summed E-state index contributed by atoms with van der Waals surface area (Å²) in [5.41, 5.74) is 0. The normalized spacial score (nSPS) is 21.4. The summed E-state index contributed by atoms with van der Waals surface area (Å²) in [7, 11) is 0. The molecule has 2 unspecified atom stereocenters. The van der Waals surface area contributed by atoms with Crippen LogP contribution in [-0.4, -0.2) is 25.8 Å². The van der Waals surface area contributed by atoms with E-state index < -0.39 is 0 Å². The molecule has 0 radical (unpaired) electrons. The topological polar surface area (TPSA) is 21.3 Å². The SMILES string of the molecule is CCCNC(CC(C)CCC)C1CCOCC1. The van der Waals surface area contributed by atoms with Crippen LogP contribution in [0.1, 0.15) is 59.3 Å². The van der Waals surface area contributed by atoms with Crippen molar-refractivity contribution in [1.82, 2.24) is 5.32 Å². The Hall–Kier alpha value is -0.0800. The first kappa shape index (κ1) is 15.0. The highest BCUT2D eigenvalue weighted by atomic mass is 16.5. The van der Waals surface area contributed by atoms with Crippen molar-refractivity contribution < 1.29 is 4.74 Å². The van der Waals surface area contributed by atoms with E-state index in [0.29, 0.717) is 0 Å². The summed E-state index contributed by atoms with van der Waals surface area (Å²) < 4.78 is 5.48. The molecule has 0 spiro atoms. The zero-order valence-electron chi connectivity index (χ0n) is 12.0. The molecule has 1 aliphatic rings. The molecule has 1 fully saturated rings. The molecule has 0 aromatic carbocycles. The van der Waals surface area contributed by atoms with Gasteiger partial charge in [0.2, 0.25) is 0 Å². The van der Waals surface area contributed by atoms with Gasteiger partial charge in [0, 0.05) is 19.3 Å². The lowest BCUT2D eigenvalue weighted by atomic mass is 9.85. The smallest absolute Gasteiger partial charge is 0.0469 e. The lowest BCUT2D eigenvalue weighted by Crippen LogP contribution is -2.40. The fourth-order valence-corrected chi connectivity index (χ4v) is 2.93. The number of hydrogen-bond donors (Lipinski definition) is 1. The largest absolute Gasteiger partial charge is 0.381 e. The first-order valence-electron chi connectivity index (χ1n) is 7.59. The maximum Gasteiger partial charge on any atom is 0.0469 e. The van der Waals surface area contributed by atoms with E-state index in [1.54, 1.807) is 0 Å². The summed E-state index contributed by atoms with van der Waals surface area (Å²) in [4.78, 5) is 0. The monoisotopic (exact) mass is 241 g/mol. The van der Waals surface area contributed by atoms with E-state index in [1.807, 2.05) is 0 Å². The van der Waals surface area contributed by atoms with Gasteiger partial charge in [-0.1, -0.05) is 33.6 Å². The molecule has 0 aliphatic carbocycles. The van der Waals surface area contributed by atoms with Crippen LogP contribution in [0.2, 0.25) is 0 Å². The van der Waals surface area contributed by atoms with E-state index in [4.69, 9.17) is 4.74 Å². The Morgan fingerprint density at radius 3 is 2.47 bits per heavy atom. The number of nitrogens with one attached hydrogen (secondary N) is 1. The molecule has 1 rings (SSSR count). The third kappa shape index (κ3) is 5.87. The van der Waals surface area contributed by atoms with Crippen molar-refractivity contribution in [3.05, 3.63) is 0 Å². The molecule has 17 heavy (non-hydrogen) atoms. The minimum Gasteiger partial charge on any atom is -0.381 e. The summed E-state index contributed by atoms with van der Waals surface area (Å²) in [6.45, 7) is 10.1. The van der Waals surface area contributed by atoms with Gasteiger partial charge in [0.25, 0.3) is 0 Å². The second-order valence-corrected chi connectivity index (χ2v) is 5.64. The summed E-state index contributed by atoms with van der Waals surface area (Å²) in [6.07, 6.45) is 7.77.